The number of amides is 2. The zero-order valence-electron chi connectivity index (χ0n) is 22.8. The quantitative estimate of drug-likeness (QED) is 0.386. The number of sulfonamides is 1. The summed E-state index contributed by atoms with van der Waals surface area (Å²) >= 11 is 0. The second-order valence-corrected chi connectivity index (χ2v) is 11.8. The molecule has 0 unspecified atom stereocenters. The summed E-state index contributed by atoms with van der Waals surface area (Å²) in [6.45, 7) is 2.51. The predicted octanol–water partition coefficient (Wildman–Crippen LogP) is 4.15. The highest BCUT2D eigenvalue weighted by Gasteiger charge is 2.30. The van der Waals surface area contributed by atoms with Crippen LogP contribution in [0.3, 0.4) is 0 Å². The highest BCUT2D eigenvalue weighted by Crippen LogP contribution is 2.23. The van der Waals surface area contributed by atoms with E-state index in [1.54, 1.807) is 36.3 Å². The number of nitrogens with one attached hydrogen (secondary N) is 1. The molecule has 0 bridgehead atoms. The molecule has 1 fully saturated rings. The summed E-state index contributed by atoms with van der Waals surface area (Å²) in [6.07, 6.45) is 6.98. The van der Waals surface area contributed by atoms with E-state index in [1.807, 2.05) is 37.3 Å². The van der Waals surface area contributed by atoms with Gasteiger partial charge in [-0.25, -0.2) is 8.42 Å². The van der Waals surface area contributed by atoms with Gasteiger partial charge in [0.1, 0.15) is 11.8 Å². The molecule has 2 amide bonds. The molecular weight excluding hydrogens is 502 g/mol. The van der Waals surface area contributed by atoms with Crippen LogP contribution in [0.1, 0.15) is 57.4 Å². The van der Waals surface area contributed by atoms with E-state index in [4.69, 9.17) is 4.74 Å². The van der Waals surface area contributed by atoms with Crippen LogP contribution in [0, 0.1) is 0 Å². The predicted molar refractivity (Wildman–Crippen MR) is 151 cm³/mol. The van der Waals surface area contributed by atoms with Crippen LogP contribution in [0.4, 0.5) is 5.69 Å². The highest BCUT2D eigenvalue weighted by molar-refractivity contribution is 7.92. The van der Waals surface area contributed by atoms with E-state index in [0.29, 0.717) is 37.2 Å². The zero-order chi connectivity index (χ0) is 27.5. The van der Waals surface area contributed by atoms with Crippen LogP contribution in [0.15, 0.2) is 54.6 Å². The molecule has 9 heteroatoms. The van der Waals surface area contributed by atoms with Crippen molar-refractivity contribution in [3.63, 3.8) is 0 Å². The van der Waals surface area contributed by atoms with Crippen LogP contribution in [-0.4, -0.2) is 63.7 Å². The van der Waals surface area contributed by atoms with E-state index in [2.05, 4.69) is 5.32 Å². The van der Waals surface area contributed by atoms with Gasteiger partial charge in [0.15, 0.2) is 0 Å². The van der Waals surface area contributed by atoms with E-state index >= 15 is 0 Å². The van der Waals surface area contributed by atoms with Crippen LogP contribution in [0.2, 0.25) is 0 Å². The molecule has 2 aromatic carbocycles. The van der Waals surface area contributed by atoms with Gasteiger partial charge in [0.25, 0.3) is 0 Å². The average Bonchev–Trinajstić information content (AvgIpc) is 3.42. The van der Waals surface area contributed by atoms with Gasteiger partial charge in [-0.2, -0.15) is 0 Å². The number of hydrogen-bond acceptors (Lipinski definition) is 5. The maximum Gasteiger partial charge on any atom is 0.243 e. The standard InChI is InChI=1S/C29H41N3O5S/c1-4-27(29(34)30-24-13-8-9-14-24)31(22-20-23-11-6-5-7-12-23)28(33)15-10-21-32(38(3,35)36)25-16-18-26(37-2)19-17-25/h5-7,11-12,16-19,24,27H,4,8-10,13-15,20-22H2,1-3H3,(H,30,34)/t27-/m1/s1. The van der Waals surface area contributed by atoms with Crippen molar-refractivity contribution in [2.24, 2.45) is 0 Å². The third-order valence-electron chi connectivity index (χ3n) is 7.08. The lowest BCUT2D eigenvalue weighted by Crippen LogP contribution is -2.52. The van der Waals surface area contributed by atoms with Crippen LogP contribution in [-0.2, 0) is 26.0 Å². The maximum absolute atomic E-state index is 13.5. The number of anilines is 1. The van der Waals surface area contributed by atoms with Crippen molar-refractivity contribution in [2.75, 3.05) is 30.8 Å². The van der Waals surface area contributed by atoms with Crippen LogP contribution in [0.25, 0.3) is 0 Å². The number of rotatable bonds is 14. The van der Waals surface area contributed by atoms with Gasteiger partial charge in [0, 0.05) is 25.6 Å². The molecule has 1 aliphatic carbocycles. The molecule has 38 heavy (non-hydrogen) atoms. The summed E-state index contributed by atoms with van der Waals surface area (Å²) in [5.41, 5.74) is 1.61. The number of hydrogen-bond donors (Lipinski definition) is 1. The summed E-state index contributed by atoms with van der Waals surface area (Å²) in [6, 6.07) is 16.3. The van der Waals surface area contributed by atoms with Crippen molar-refractivity contribution in [1.29, 1.82) is 0 Å². The van der Waals surface area contributed by atoms with E-state index < -0.39 is 16.1 Å². The molecule has 0 spiro atoms. The van der Waals surface area contributed by atoms with Gasteiger partial charge >= 0.3 is 0 Å². The molecule has 0 saturated heterocycles. The Labute approximate surface area is 227 Å². The summed E-state index contributed by atoms with van der Waals surface area (Å²) in [7, 11) is -1.99. The van der Waals surface area contributed by atoms with Crippen molar-refractivity contribution in [3.8, 4) is 5.75 Å². The van der Waals surface area contributed by atoms with E-state index in [1.165, 1.54) is 4.31 Å². The van der Waals surface area contributed by atoms with E-state index in [-0.39, 0.29) is 30.8 Å². The Morgan fingerprint density at radius 3 is 2.26 bits per heavy atom. The maximum atomic E-state index is 13.5. The van der Waals surface area contributed by atoms with Crippen molar-refractivity contribution in [1.82, 2.24) is 10.2 Å². The largest absolute Gasteiger partial charge is 0.497 e. The monoisotopic (exact) mass is 543 g/mol. The topological polar surface area (TPSA) is 96.0 Å². The fourth-order valence-electron chi connectivity index (χ4n) is 5.02. The first-order valence-electron chi connectivity index (χ1n) is 13.5. The lowest BCUT2D eigenvalue weighted by Gasteiger charge is -2.32. The van der Waals surface area contributed by atoms with E-state index in [9.17, 15) is 18.0 Å². The number of carbonyl (C=O) groups excluding carboxylic acids is 2. The second kappa shape index (κ2) is 14.2. The third-order valence-corrected chi connectivity index (χ3v) is 8.28. The molecule has 0 aromatic heterocycles. The van der Waals surface area contributed by atoms with E-state index in [0.717, 1.165) is 37.5 Å². The van der Waals surface area contributed by atoms with Crippen molar-refractivity contribution in [2.45, 2.75) is 70.4 Å². The molecule has 8 nitrogen and oxygen atoms in total. The summed E-state index contributed by atoms with van der Waals surface area (Å²) in [4.78, 5) is 28.4. The number of benzene rings is 2. The van der Waals surface area contributed by atoms with Gasteiger partial charge in [0.2, 0.25) is 21.8 Å². The first-order valence-corrected chi connectivity index (χ1v) is 15.3. The average molecular weight is 544 g/mol. The van der Waals surface area contributed by atoms with Gasteiger partial charge in [0.05, 0.1) is 19.1 Å². The van der Waals surface area contributed by atoms with Gasteiger partial charge in [-0.15, -0.1) is 0 Å². The second-order valence-electron chi connectivity index (χ2n) is 9.87. The lowest BCUT2D eigenvalue weighted by molar-refractivity contribution is -0.141. The first-order chi connectivity index (χ1) is 18.2. The molecule has 1 saturated carbocycles. The van der Waals surface area contributed by atoms with Gasteiger partial charge in [-0.1, -0.05) is 50.1 Å². The van der Waals surface area contributed by atoms with Crippen LogP contribution < -0.4 is 14.4 Å². The number of methoxy groups -OCH3 is 1. The Balaban J connectivity index is 1.70. The Bertz CT molecular complexity index is 1130. The summed E-state index contributed by atoms with van der Waals surface area (Å²) in [5.74, 6) is 0.391. The molecule has 1 atom stereocenters. The minimum Gasteiger partial charge on any atom is -0.497 e. The zero-order valence-corrected chi connectivity index (χ0v) is 23.6. The van der Waals surface area contributed by atoms with Crippen LogP contribution in [0.5, 0.6) is 5.75 Å². The Morgan fingerprint density at radius 1 is 1.03 bits per heavy atom. The molecular formula is C29H41N3O5S. The van der Waals surface area contributed by atoms with Gasteiger partial charge < -0.3 is 15.0 Å². The molecule has 0 heterocycles. The molecule has 208 valence electrons. The molecule has 0 radical (unpaired) electrons. The molecule has 0 aliphatic heterocycles. The molecule has 2 aromatic rings. The number of nitrogens with zero attached hydrogens (tertiary/aromatic N) is 2. The summed E-state index contributed by atoms with van der Waals surface area (Å²) in [5, 5.41) is 3.16. The van der Waals surface area contributed by atoms with Crippen molar-refractivity contribution in [3.05, 3.63) is 60.2 Å². The molecule has 1 aliphatic rings. The summed E-state index contributed by atoms with van der Waals surface area (Å²) < 4.78 is 31.5. The number of carbonyl (C=O) groups is 2. The first kappa shape index (κ1) is 29.5. The molecule has 1 N–H and O–H groups in total. The highest BCUT2D eigenvalue weighted by atomic mass is 32.2. The number of ether oxygens (including phenoxy) is 1. The normalized spacial score (nSPS) is 14.6. The Morgan fingerprint density at radius 2 is 1.68 bits per heavy atom. The third kappa shape index (κ3) is 8.48. The van der Waals surface area contributed by atoms with Gasteiger partial charge in [-0.3, -0.25) is 13.9 Å². The Kier molecular flexibility index (Phi) is 11.0. The fourth-order valence-corrected chi connectivity index (χ4v) is 5.98. The molecule has 3 rings (SSSR count). The fraction of sp³-hybridized carbons (Fsp3) is 0.517. The van der Waals surface area contributed by atoms with Crippen molar-refractivity contribution >= 4 is 27.5 Å². The van der Waals surface area contributed by atoms with Crippen LogP contribution >= 0.6 is 0 Å². The SMILES string of the molecule is CC[C@H](C(=O)NC1CCCC1)N(CCc1ccccc1)C(=O)CCCN(c1ccc(OC)cc1)S(C)(=O)=O. The minimum atomic E-state index is -3.55. The lowest BCUT2D eigenvalue weighted by atomic mass is 10.1. The minimum absolute atomic E-state index is 0.100. The smallest absolute Gasteiger partial charge is 0.243 e. The Hall–Kier alpha value is -3.07. The van der Waals surface area contributed by atoms with Crippen molar-refractivity contribution < 1.29 is 22.7 Å². The van der Waals surface area contributed by atoms with Gasteiger partial charge in [-0.05, 0) is 61.9 Å².